The topological polar surface area (TPSA) is 49.8 Å². The van der Waals surface area contributed by atoms with Crippen LogP contribution in [-0.4, -0.2) is 30.5 Å². The molecular formula is C10H7F3INO3. The van der Waals surface area contributed by atoms with Gasteiger partial charge in [0.15, 0.2) is 11.6 Å². The van der Waals surface area contributed by atoms with Crippen molar-refractivity contribution in [1.29, 1.82) is 0 Å². The van der Waals surface area contributed by atoms with Gasteiger partial charge in [0.05, 0.1) is 22.4 Å². The van der Waals surface area contributed by atoms with Crippen LogP contribution in [0.4, 0.5) is 23.7 Å². The van der Waals surface area contributed by atoms with Crippen LogP contribution in [0.25, 0.3) is 0 Å². The van der Waals surface area contributed by atoms with Crippen LogP contribution in [0.2, 0.25) is 0 Å². The van der Waals surface area contributed by atoms with Crippen LogP contribution in [0.3, 0.4) is 0 Å². The van der Waals surface area contributed by atoms with Gasteiger partial charge in [-0.25, -0.2) is 18.0 Å². The number of rotatable bonds is 2. The molecule has 1 N–H and O–H groups in total. The van der Waals surface area contributed by atoms with E-state index in [1.165, 1.54) is 22.6 Å². The maximum Gasteiger partial charge on any atom is 0.414 e. The molecule has 98 valence electrons. The number of ether oxygens (including phenoxy) is 1. The zero-order valence-electron chi connectivity index (χ0n) is 8.79. The van der Waals surface area contributed by atoms with Gasteiger partial charge in [0, 0.05) is 6.07 Å². The number of anilines is 1. The third-order valence-electron chi connectivity index (χ3n) is 2.45. The van der Waals surface area contributed by atoms with Crippen molar-refractivity contribution in [3.63, 3.8) is 0 Å². The Morgan fingerprint density at radius 1 is 1.44 bits per heavy atom. The van der Waals surface area contributed by atoms with Gasteiger partial charge in [-0.15, -0.1) is 0 Å². The van der Waals surface area contributed by atoms with Gasteiger partial charge >= 0.3 is 6.09 Å². The molecule has 0 spiro atoms. The first-order valence-corrected chi connectivity index (χ1v) is 5.95. The second-order valence-electron chi connectivity index (χ2n) is 3.62. The lowest BCUT2D eigenvalue weighted by Gasteiger charge is -2.15. The van der Waals surface area contributed by atoms with Crippen LogP contribution in [0, 0.1) is 21.0 Å². The normalized spacial score (nSPS) is 19.3. The summed E-state index contributed by atoms with van der Waals surface area (Å²) in [5, 5.41) is 8.82. The van der Waals surface area contributed by atoms with Gasteiger partial charge in [0.1, 0.15) is 11.9 Å². The summed E-state index contributed by atoms with van der Waals surface area (Å²) in [6, 6.07) is 0.723. The molecule has 0 aliphatic carbocycles. The molecule has 8 heteroatoms. The highest BCUT2D eigenvalue weighted by atomic mass is 127. The van der Waals surface area contributed by atoms with Gasteiger partial charge in [-0.3, -0.25) is 4.90 Å². The molecule has 4 nitrogen and oxygen atoms in total. The van der Waals surface area contributed by atoms with E-state index in [9.17, 15) is 18.0 Å². The summed E-state index contributed by atoms with van der Waals surface area (Å²) in [5.74, 6) is -3.65. The van der Waals surface area contributed by atoms with Crippen LogP contribution in [0.5, 0.6) is 0 Å². The Kier molecular flexibility index (Phi) is 3.66. The first kappa shape index (κ1) is 13.4. The number of benzene rings is 1. The quantitative estimate of drug-likeness (QED) is 0.491. The minimum absolute atomic E-state index is 0.161. The van der Waals surface area contributed by atoms with E-state index < -0.39 is 45.5 Å². The van der Waals surface area contributed by atoms with Gasteiger partial charge in [-0.05, 0) is 22.6 Å². The van der Waals surface area contributed by atoms with E-state index in [1.807, 2.05) is 0 Å². The molecule has 0 saturated carbocycles. The number of halogens is 4. The van der Waals surface area contributed by atoms with Gasteiger partial charge in [0.25, 0.3) is 0 Å². The molecule has 1 aliphatic heterocycles. The molecule has 1 amide bonds. The highest BCUT2D eigenvalue weighted by Gasteiger charge is 2.35. The van der Waals surface area contributed by atoms with Gasteiger partial charge in [-0.1, -0.05) is 0 Å². The fourth-order valence-electron chi connectivity index (χ4n) is 1.57. The number of nitrogens with zero attached hydrogens (tertiary/aromatic N) is 1. The summed E-state index contributed by atoms with van der Waals surface area (Å²) in [5.41, 5.74) is -0.536. The number of aliphatic hydroxyl groups excluding tert-OH is 1. The zero-order chi connectivity index (χ0) is 13.4. The van der Waals surface area contributed by atoms with E-state index in [0.717, 1.165) is 11.0 Å². The van der Waals surface area contributed by atoms with E-state index >= 15 is 0 Å². The molecule has 1 fully saturated rings. The number of hydrogen-bond acceptors (Lipinski definition) is 3. The zero-order valence-corrected chi connectivity index (χ0v) is 10.9. The van der Waals surface area contributed by atoms with Gasteiger partial charge in [-0.2, -0.15) is 0 Å². The predicted molar refractivity (Wildman–Crippen MR) is 63.7 cm³/mol. The van der Waals surface area contributed by atoms with Crippen LogP contribution in [-0.2, 0) is 4.74 Å². The van der Waals surface area contributed by atoms with E-state index in [-0.39, 0.29) is 6.54 Å². The first-order valence-electron chi connectivity index (χ1n) is 4.87. The Balaban J connectivity index is 2.43. The number of carbonyl (C=O) groups is 1. The lowest BCUT2D eigenvalue weighted by Crippen LogP contribution is -2.27. The summed E-state index contributed by atoms with van der Waals surface area (Å²) in [6.45, 7) is -0.606. The average molecular weight is 373 g/mol. The van der Waals surface area contributed by atoms with E-state index in [2.05, 4.69) is 4.74 Å². The molecule has 18 heavy (non-hydrogen) atoms. The molecule has 1 aromatic rings. The van der Waals surface area contributed by atoms with E-state index in [0.29, 0.717) is 0 Å². The van der Waals surface area contributed by atoms with E-state index in [4.69, 9.17) is 5.11 Å². The maximum atomic E-state index is 13.6. The highest BCUT2D eigenvalue weighted by molar-refractivity contribution is 14.1. The molecule has 0 radical (unpaired) electrons. The monoisotopic (exact) mass is 373 g/mol. The third kappa shape index (κ3) is 2.14. The predicted octanol–water partition coefficient (Wildman–Crippen LogP) is 2.03. The molecule has 2 rings (SSSR count). The Hall–Kier alpha value is -1.03. The van der Waals surface area contributed by atoms with Crippen LogP contribution >= 0.6 is 22.6 Å². The summed E-state index contributed by atoms with van der Waals surface area (Å²) in [6.07, 6.45) is -1.78. The van der Waals surface area contributed by atoms with Crippen molar-refractivity contribution in [2.24, 2.45) is 0 Å². The number of carbonyl (C=O) groups excluding carboxylic acids is 1. The van der Waals surface area contributed by atoms with Crippen molar-refractivity contribution < 1.29 is 27.8 Å². The van der Waals surface area contributed by atoms with Crippen LogP contribution in [0.15, 0.2) is 6.07 Å². The smallest absolute Gasteiger partial charge is 0.414 e. The molecule has 1 unspecified atom stereocenters. The summed E-state index contributed by atoms with van der Waals surface area (Å²) in [4.78, 5) is 12.1. The number of amides is 1. The molecule has 1 heterocycles. The fraction of sp³-hybridized carbons (Fsp3) is 0.300. The highest BCUT2D eigenvalue weighted by Crippen LogP contribution is 2.30. The summed E-state index contributed by atoms with van der Waals surface area (Å²) >= 11 is 1.33. The van der Waals surface area contributed by atoms with E-state index in [1.54, 1.807) is 0 Å². The van der Waals surface area contributed by atoms with Crippen LogP contribution in [0.1, 0.15) is 0 Å². The Bertz CT molecular complexity index is 512. The van der Waals surface area contributed by atoms with Crippen molar-refractivity contribution in [2.75, 3.05) is 18.1 Å². The largest absolute Gasteiger partial charge is 0.441 e. The molecule has 1 aromatic carbocycles. The SMILES string of the molecule is O=C1OC(CO)CN1c1cc(F)c(I)c(F)c1F. The second-order valence-corrected chi connectivity index (χ2v) is 4.70. The van der Waals surface area contributed by atoms with Gasteiger partial charge in [0.2, 0.25) is 0 Å². The van der Waals surface area contributed by atoms with Crippen molar-refractivity contribution in [2.45, 2.75) is 6.10 Å². The third-order valence-corrected chi connectivity index (χ3v) is 3.44. The fourth-order valence-corrected chi connectivity index (χ4v) is 1.96. The molecule has 1 atom stereocenters. The lowest BCUT2D eigenvalue weighted by atomic mass is 10.2. The number of cyclic esters (lactones) is 1. The summed E-state index contributed by atoms with van der Waals surface area (Å²) in [7, 11) is 0. The van der Waals surface area contributed by atoms with Crippen molar-refractivity contribution in [3.8, 4) is 0 Å². The number of aliphatic hydroxyl groups is 1. The first-order chi connectivity index (χ1) is 8.45. The Morgan fingerprint density at radius 3 is 2.67 bits per heavy atom. The van der Waals surface area contributed by atoms with Crippen molar-refractivity contribution >= 4 is 34.4 Å². The molecule has 0 aromatic heterocycles. The van der Waals surface area contributed by atoms with Crippen molar-refractivity contribution in [1.82, 2.24) is 0 Å². The minimum atomic E-state index is -1.36. The van der Waals surface area contributed by atoms with Crippen LogP contribution < -0.4 is 4.90 Å². The minimum Gasteiger partial charge on any atom is -0.441 e. The second kappa shape index (κ2) is 4.92. The van der Waals surface area contributed by atoms with Crippen molar-refractivity contribution in [3.05, 3.63) is 27.1 Å². The maximum absolute atomic E-state index is 13.6. The van der Waals surface area contributed by atoms with Gasteiger partial charge < -0.3 is 9.84 Å². The Labute approximate surface area is 113 Å². The average Bonchev–Trinajstić information content (AvgIpc) is 2.72. The standard InChI is InChI=1S/C10H7F3INO3/c11-5-1-6(7(12)8(13)9(5)14)15-2-4(3-16)18-10(15)17/h1,4,16H,2-3H2. The molecule has 1 saturated heterocycles. The molecular weight excluding hydrogens is 366 g/mol. The lowest BCUT2D eigenvalue weighted by molar-refractivity contribution is 0.0963. The number of hydrogen-bond donors (Lipinski definition) is 1. The molecule has 1 aliphatic rings. The summed E-state index contributed by atoms with van der Waals surface area (Å²) < 4.78 is 44.5. The Morgan fingerprint density at radius 2 is 2.11 bits per heavy atom. The molecule has 0 bridgehead atoms.